The van der Waals surface area contributed by atoms with Crippen molar-refractivity contribution in [1.82, 2.24) is 0 Å². The first-order valence-corrected chi connectivity index (χ1v) is 12.2. The van der Waals surface area contributed by atoms with Crippen molar-refractivity contribution in [2.24, 2.45) is 0 Å². The molecule has 166 valence electrons. The Morgan fingerprint density at radius 3 is 2.52 bits per heavy atom. The van der Waals surface area contributed by atoms with Gasteiger partial charge in [-0.05, 0) is 48.4 Å². The number of benzene rings is 2. The van der Waals surface area contributed by atoms with Crippen LogP contribution in [0.5, 0.6) is 0 Å². The van der Waals surface area contributed by atoms with Gasteiger partial charge >= 0.3 is 0 Å². The number of rotatable bonds is 11. The first-order valence-electron chi connectivity index (χ1n) is 11.2. The molecule has 1 aliphatic heterocycles. The van der Waals surface area contributed by atoms with Crippen molar-refractivity contribution in [2.45, 2.75) is 63.7 Å². The molecule has 1 heterocycles. The number of carbonyl (C=O) groups excluding carboxylic acids is 2. The summed E-state index contributed by atoms with van der Waals surface area (Å²) < 4.78 is 13.3. The molecule has 2 aromatic carbocycles. The smallest absolute Gasteiger partial charge is 0.238 e. The molecule has 0 radical (unpaired) electrons. The van der Waals surface area contributed by atoms with E-state index in [9.17, 15) is 14.0 Å². The number of amides is 2. The summed E-state index contributed by atoms with van der Waals surface area (Å²) in [6.07, 6.45) is 8.78. The van der Waals surface area contributed by atoms with Crippen LogP contribution in [0.4, 0.5) is 15.8 Å². The molecule has 0 bridgehead atoms. The van der Waals surface area contributed by atoms with Gasteiger partial charge in [0, 0.05) is 17.8 Å². The summed E-state index contributed by atoms with van der Waals surface area (Å²) in [7, 11) is 0. The second kappa shape index (κ2) is 11.9. The van der Waals surface area contributed by atoms with Crippen LogP contribution in [0.1, 0.15) is 69.2 Å². The maximum atomic E-state index is 13.3. The Hall–Kier alpha value is -2.34. The van der Waals surface area contributed by atoms with Crippen LogP contribution in [0, 0.1) is 5.82 Å². The molecule has 0 aliphatic carbocycles. The summed E-state index contributed by atoms with van der Waals surface area (Å²) in [6.45, 7) is 2.21. The molecule has 0 spiro atoms. The fourth-order valence-electron chi connectivity index (χ4n) is 3.79. The summed E-state index contributed by atoms with van der Waals surface area (Å²) in [5.41, 5.74) is 2.35. The van der Waals surface area contributed by atoms with Crippen LogP contribution < -0.4 is 10.2 Å². The van der Waals surface area contributed by atoms with Gasteiger partial charge in [-0.15, -0.1) is 11.8 Å². The van der Waals surface area contributed by atoms with Crippen molar-refractivity contribution in [2.75, 3.05) is 16.0 Å². The number of anilines is 2. The SMILES string of the molecule is CCCCCCCCCC(=O)Nc1cccc([C@H]2SCC(=O)N2c2ccc(F)cc2)c1. The molecule has 0 unspecified atom stereocenters. The molecule has 0 aromatic heterocycles. The molecule has 1 N–H and O–H groups in total. The van der Waals surface area contributed by atoms with Crippen molar-refractivity contribution in [3.05, 3.63) is 59.9 Å². The minimum Gasteiger partial charge on any atom is -0.326 e. The average Bonchev–Trinajstić information content (AvgIpc) is 3.15. The number of nitrogens with one attached hydrogen (secondary N) is 1. The third-order valence-corrected chi connectivity index (χ3v) is 6.65. The van der Waals surface area contributed by atoms with E-state index >= 15 is 0 Å². The molecule has 0 saturated carbocycles. The molecular weight excluding hydrogens is 411 g/mol. The highest BCUT2D eigenvalue weighted by Gasteiger charge is 2.34. The summed E-state index contributed by atoms with van der Waals surface area (Å²) in [6, 6.07) is 13.6. The van der Waals surface area contributed by atoms with Crippen molar-refractivity contribution in [3.8, 4) is 0 Å². The van der Waals surface area contributed by atoms with Crippen LogP contribution in [0.2, 0.25) is 0 Å². The van der Waals surface area contributed by atoms with E-state index in [1.54, 1.807) is 17.0 Å². The predicted octanol–water partition coefficient (Wildman–Crippen LogP) is 6.68. The highest BCUT2D eigenvalue weighted by atomic mass is 32.2. The van der Waals surface area contributed by atoms with E-state index in [0.717, 1.165) is 24.1 Å². The van der Waals surface area contributed by atoms with Gasteiger partial charge in [-0.1, -0.05) is 57.6 Å². The first kappa shape index (κ1) is 23.3. The molecule has 1 fully saturated rings. The standard InChI is InChI=1S/C25H31FN2O2S/c1-2-3-4-5-6-7-8-12-23(29)27-21-11-9-10-19(17-21)25-28(24(30)18-31-25)22-15-13-20(26)14-16-22/h9-11,13-17,25H,2-8,12,18H2,1H3,(H,27,29)/t25-/m1/s1. The van der Waals surface area contributed by atoms with Gasteiger partial charge in [-0.2, -0.15) is 0 Å². The molecule has 31 heavy (non-hydrogen) atoms. The molecule has 1 aliphatic rings. The zero-order valence-corrected chi connectivity index (χ0v) is 18.9. The molecule has 2 aromatic rings. The summed E-state index contributed by atoms with van der Waals surface area (Å²) in [5.74, 6) is 0.0631. The summed E-state index contributed by atoms with van der Waals surface area (Å²) >= 11 is 1.53. The monoisotopic (exact) mass is 442 g/mol. The molecule has 6 heteroatoms. The number of hydrogen-bond acceptors (Lipinski definition) is 3. The van der Waals surface area contributed by atoms with E-state index in [1.165, 1.54) is 56.0 Å². The number of carbonyl (C=O) groups is 2. The van der Waals surface area contributed by atoms with Crippen LogP contribution in [-0.2, 0) is 9.59 Å². The van der Waals surface area contributed by atoms with Gasteiger partial charge in [0.2, 0.25) is 11.8 Å². The quantitative estimate of drug-likeness (QED) is 0.395. The van der Waals surface area contributed by atoms with Gasteiger partial charge in [0.1, 0.15) is 11.2 Å². The van der Waals surface area contributed by atoms with E-state index in [2.05, 4.69) is 12.2 Å². The Morgan fingerprint density at radius 1 is 1.06 bits per heavy atom. The van der Waals surface area contributed by atoms with Crippen LogP contribution >= 0.6 is 11.8 Å². The van der Waals surface area contributed by atoms with E-state index in [4.69, 9.17) is 0 Å². The lowest BCUT2D eigenvalue weighted by Gasteiger charge is -2.24. The maximum Gasteiger partial charge on any atom is 0.238 e. The van der Waals surface area contributed by atoms with Gasteiger partial charge in [-0.3, -0.25) is 14.5 Å². The van der Waals surface area contributed by atoms with Crippen molar-refractivity contribution in [1.29, 1.82) is 0 Å². The third kappa shape index (κ3) is 6.82. The minimum atomic E-state index is -0.328. The van der Waals surface area contributed by atoms with Crippen LogP contribution in [0.3, 0.4) is 0 Å². The lowest BCUT2D eigenvalue weighted by atomic mass is 10.1. The summed E-state index contributed by atoms with van der Waals surface area (Å²) in [5, 5.41) is 2.79. The van der Waals surface area contributed by atoms with E-state index in [-0.39, 0.29) is 23.0 Å². The van der Waals surface area contributed by atoms with Crippen LogP contribution in [0.25, 0.3) is 0 Å². The second-order valence-corrected chi connectivity index (χ2v) is 9.02. The largest absolute Gasteiger partial charge is 0.326 e. The van der Waals surface area contributed by atoms with Gasteiger partial charge < -0.3 is 5.32 Å². The van der Waals surface area contributed by atoms with E-state index in [0.29, 0.717) is 17.9 Å². The lowest BCUT2D eigenvalue weighted by molar-refractivity contribution is -0.117. The number of unbranched alkanes of at least 4 members (excludes halogenated alkanes) is 6. The first-order chi connectivity index (χ1) is 15.1. The van der Waals surface area contributed by atoms with Gasteiger partial charge in [-0.25, -0.2) is 4.39 Å². The van der Waals surface area contributed by atoms with Crippen LogP contribution in [-0.4, -0.2) is 17.6 Å². The fourth-order valence-corrected chi connectivity index (χ4v) is 4.95. The van der Waals surface area contributed by atoms with Crippen molar-refractivity contribution >= 4 is 35.0 Å². The van der Waals surface area contributed by atoms with Crippen molar-refractivity contribution in [3.63, 3.8) is 0 Å². The topological polar surface area (TPSA) is 49.4 Å². The zero-order chi connectivity index (χ0) is 22.1. The van der Waals surface area contributed by atoms with E-state index < -0.39 is 0 Å². The Labute approximate surface area is 188 Å². The molecule has 2 amide bonds. The number of hydrogen-bond donors (Lipinski definition) is 1. The Kier molecular flexibility index (Phi) is 8.95. The number of halogens is 1. The van der Waals surface area contributed by atoms with Crippen molar-refractivity contribution < 1.29 is 14.0 Å². The number of thioether (sulfide) groups is 1. The third-order valence-electron chi connectivity index (χ3n) is 5.44. The zero-order valence-electron chi connectivity index (χ0n) is 18.1. The molecule has 1 saturated heterocycles. The predicted molar refractivity (Wildman–Crippen MR) is 127 cm³/mol. The second-order valence-electron chi connectivity index (χ2n) is 7.95. The Bertz CT molecular complexity index is 872. The maximum absolute atomic E-state index is 13.3. The minimum absolute atomic E-state index is 0.00464. The molecule has 1 atom stereocenters. The normalized spacial score (nSPS) is 16.0. The summed E-state index contributed by atoms with van der Waals surface area (Å²) in [4.78, 5) is 26.5. The van der Waals surface area contributed by atoms with E-state index in [1.807, 2.05) is 24.3 Å². The van der Waals surface area contributed by atoms with Gasteiger partial charge in [0.25, 0.3) is 0 Å². The molecule has 4 nitrogen and oxygen atoms in total. The van der Waals surface area contributed by atoms with Gasteiger partial charge in [0.15, 0.2) is 0 Å². The fraction of sp³-hybridized carbons (Fsp3) is 0.440. The Balaban J connectivity index is 1.56. The highest BCUT2D eigenvalue weighted by molar-refractivity contribution is 8.00. The molecular formula is C25H31FN2O2S. The molecule has 3 rings (SSSR count). The number of nitrogens with zero attached hydrogens (tertiary/aromatic N) is 1. The van der Waals surface area contributed by atoms with Gasteiger partial charge in [0.05, 0.1) is 5.75 Å². The Morgan fingerprint density at radius 2 is 1.77 bits per heavy atom. The lowest BCUT2D eigenvalue weighted by Crippen LogP contribution is -2.27. The van der Waals surface area contributed by atoms with Crippen LogP contribution in [0.15, 0.2) is 48.5 Å². The average molecular weight is 443 g/mol. The highest BCUT2D eigenvalue weighted by Crippen LogP contribution is 2.42.